The lowest BCUT2D eigenvalue weighted by atomic mass is 10.2. The van der Waals surface area contributed by atoms with Gasteiger partial charge in [0.1, 0.15) is 28.5 Å². The molecule has 1 amide bonds. The molecule has 6 rings (SSSR count). The van der Waals surface area contributed by atoms with E-state index >= 15 is 0 Å². The molecular weight excluding hydrogens is 499 g/mol. The molecule has 0 aliphatic heterocycles. The number of nitrogens with zero attached hydrogens (tertiary/aromatic N) is 4. The largest absolute Gasteiger partial charge is 0.455 e. The molecular formula is C29H19FN6O3. The first-order chi connectivity index (χ1) is 19.0. The third-order valence-corrected chi connectivity index (χ3v) is 5.94. The van der Waals surface area contributed by atoms with E-state index in [0.717, 1.165) is 5.56 Å². The summed E-state index contributed by atoms with van der Waals surface area (Å²) in [5.41, 5.74) is 2.38. The molecule has 39 heavy (non-hydrogen) atoms. The Labute approximate surface area is 220 Å². The van der Waals surface area contributed by atoms with E-state index in [1.165, 1.54) is 41.1 Å². The Morgan fingerprint density at radius 1 is 0.923 bits per heavy atom. The number of fused-ring (bicyclic) bond motifs is 1. The van der Waals surface area contributed by atoms with E-state index in [1.807, 2.05) is 12.1 Å². The van der Waals surface area contributed by atoms with E-state index in [9.17, 15) is 14.0 Å². The summed E-state index contributed by atoms with van der Waals surface area (Å²) in [5, 5.41) is 2.73. The molecule has 9 nitrogen and oxygen atoms in total. The molecule has 6 aromatic rings. The third kappa shape index (κ3) is 4.86. The molecule has 0 bridgehead atoms. The highest BCUT2D eigenvalue weighted by atomic mass is 19.1. The second kappa shape index (κ2) is 10.0. The maximum atomic E-state index is 13.3. The summed E-state index contributed by atoms with van der Waals surface area (Å²) in [6.45, 7) is 0. The van der Waals surface area contributed by atoms with Crippen molar-refractivity contribution >= 4 is 22.8 Å². The zero-order valence-corrected chi connectivity index (χ0v) is 20.2. The van der Waals surface area contributed by atoms with Crippen molar-refractivity contribution in [3.05, 3.63) is 125 Å². The number of ether oxygens (including phenoxy) is 1. The molecule has 4 aromatic heterocycles. The lowest BCUT2D eigenvalue weighted by Gasteiger charge is -2.10. The van der Waals surface area contributed by atoms with Gasteiger partial charge in [-0.1, -0.05) is 0 Å². The molecule has 0 spiro atoms. The Kier molecular flexibility index (Phi) is 6.10. The van der Waals surface area contributed by atoms with Crippen LogP contribution in [-0.2, 0) is 0 Å². The van der Waals surface area contributed by atoms with Gasteiger partial charge >= 0.3 is 0 Å². The second-order valence-electron chi connectivity index (χ2n) is 8.48. The van der Waals surface area contributed by atoms with Crippen LogP contribution in [-0.4, -0.2) is 30.4 Å². The standard InChI is InChI=1S/C29H19FN6O3/c30-19-3-7-21(8-4-19)36-17-1-2-23(29(36)38)28(37)33-20-5-9-22(10-6-20)39-24-13-16-32-27-25(24)34-26(35-27)18-11-14-31-15-12-18/h1-17H,(H,33,37)(H,32,34,35). The molecule has 0 atom stereocenters. The fraction of sp³-hybridized carbons (Fsp3) is 0. The number of benzene rings is 2. The van der Waals surface area contributed by atoms with Crippen molar-refractivity contribution in [2.45, 2.75) is 0 Å². The minimum atomic E-state index is -0.568. The Morgan fingerprint density at radius 2 is 1.69 bits per heavy atom. The van der Waals surface area contributed by atoms with Gasteiger partial charge in [0.05, 0.1) is 0 Å². The predicted molar refractivity (Wildman–Crippen MR) is 144 cm³/mol. The number of rotatable bonds is 6. The van der Waals surface area contributed by atoms with Crippen molar-refractivity contribution in [1.82, 2.24) is 24.5 Å². The number of halogens is 1. The first-order valence-electron chi connectivity index (χ1n) is 11.9. The number of aromatic amines is 1. The number of H-pyrrole nitrogens is 1. The maximum absolute atomic E-state index is 13.3. The summed E-state index contributed by atoms with van der Waals surface area (Å²) in [6.07, 6.45) is 6.51. The van der Waals surface area contributed by atoms with Crippen LogP contribution in [0.3, 0.4) is 0 Å². The number of carbonyl (C=O) groups excluding carboxylic acids is 1. The molecule has 0 fully saturated rings. The Morgan fingerprint density at radius 3 is 2.46 bits per heavy atom. The molecule has 0 unspecified atom stereocenters. The number of pyridine rings is 3. The lowest BCUT2D eigenvalue weighted by Crippen LogP contribution is -2.27. The van der Waals surface area contributed by atoms with Crippen LogP contribution < -0.4 is 15.6 Å². The molecule has 0 saturated heterocycles. The van der Waals surface area contributed by atoms with Crippen LogP contribution in [0.15, 0.2) is 108 Å². The fourth-order valence-electron chi connectivity index (χ4n) is 4.02. The van der Waals surface area contributed by atoms with Crippen LogP contribution in [0.1, 0.15) is 10.4 Å². The highest BCUT2D eigenvalue weighted by Crippen LogP contribution is 2.30. The number of aromatic nitrogens is 5. The fourth-order valence-corrected chi connectivity index (χ4v) is 4.02. The normalized spacial score (nSPS) is 10.9. The number of nitrogens with one attached hydrogen (secondary N) is 2. The van der Waals surface area contributed by atoms with Gasteiger partial charge in [-0.3, -0.25) is 19.1 Å². The van der Waals surface area contributed by atoms with Gasteiger partial charge in [0.15, 0.2) is 11.4 Å². The minimum absolute atomic E-state index is 0.0504. The van der Waals surface area contributed by atoms with Gasteiger partial charge < -0.3 is 15.0 Å². The molecule has 10 heteroatoms. The van der Waals surface area contributed by atoms with Crippen LogP contribution in [0.2, 0.25) is 0 Å². The Bertz CT molecular complexity index is 1850. The summed E-state index contributed by atoms with van der Waals surface area (Å²) in [4.78, 5) is 41.9. The van der Waals surface area contributed by atoms with Gasteiger partial charge in [-0.15, -0.1) is 0 Å². The molecule has 190 valence electrons. The topological polar surface area (TPSA) is 115 Å². The average molecular weight is 519 g/mol. The first kappa shape index (κ1) is 23.7. The van der Waals surface area contributed by atoms with Gasteiger partial charge in [-0.2, -0.15) is 0 Å². The van der Waals surface area contributed by atoms with Crippen LogP contribution >= 0.6 is 0 Å². The van der Waals surface area contributed by atoms with Gasteiger partial charge in [0, 0.05) is 47.8 Å². The van der Waals surface area contributed by atoms with E-state index in [1.54, 1.807) is 55.0 Å². The quantitative estimate of drug-likeness (QED) is 0.307. The van der Waals surface area contributed by atoms with Crippen molar-refractivity contribution in [2.75, 3.05) is 5.32 Å². The number of imidazole rings is 1. The smallest absolute Gasteiger partial charge is 0.267 e. The predicted octanol–water partition coefficient (Wildman–Crippen LogP) is 5.35. The highest BCUT2D eigenvalue weighted by Gasteiger charge is 2.15. The number of amides is 1. The van der Waals surface area contributed by atoms with E-state index in [2.05, 4.69) is 25.3 Å². The molecule has 2 N–H and O–H groups in total. The molecule has 0 radical (unpaired) electrons. The van der Waals surface area contributed by atoms with Gasteiger partial charge in [0.2, 0.25) is 0 Å². The van der Waals surface area contributed by atoms with Crippen LogP contribution in [0.25, 0.3) is 28.2 Å². The summed E-state index contributed by atoms with van der Waals surface area (Å²) >= 11 is 0. The SMILES string of the molecule is O=C(Nc1ccc(Oc2ccnc3nc(-c4ccncc4)[nH]c23)cc1)c1cccn(-c2ccc(F)cc2)c1=O. The summed E-state index contributed by atoms with van der Waals surface area (Å²) < 4.78 is 20.6. The van der Waals surface area contributed by atoms with Crippen molar-refractivity contribution in [3.63, 3.8) is 0 Å². The average Bonchev–Trinajstić information content (AvgIpc) is 3.41. The van der Waals surface area contributed by atoms with Crippen molar-refractivity contribution in [2.24, 2.45) is 0 Å². The number of hydrogen-bond acceptors (Lipinski definition) is 6. The lowest BCUT2D eigenvalue weighted by molar-refractivity contribution is 0.102. The highest BCUT2D eigenvalue weighted by molar-refractivity contribution is 6.04. The monoisotopic (exact) mass is 518 g/mol. The van der Waals surface area contributed by atoms with E-state index in [4.69, 9.17) is 4.74 Å². The van der Waals surface area contributed by atoms with Gasteiger partial charge in [0.25, 0.3) is 11.5 Å². The molecule has 0 saturated carbocycles. The van der Waals surface area contributed by atoms with Gasteiger partial charge in [-0.25, -0.2) is 14.4 Å². The van der Waals surface area contributed by atoms with E-state index < -0.39 is 17.3 Å². The second-order valence-corrected chi connectivity index (χ2v) is 8.48. The van der Waals surface area contributed by atoms with Crippen molar-refractivity contribution in [1.29, 1.82) is 0 Å². The Hall–Kier alpha value is -5.64. The van der Waals surface area contributed by atoms with Crippen LogP contribution in [0.4, 0.5) is 10.1 Å². The minimum Gasteiger partial charge on any atom is -0.455 e. The molecule has 0 aliphatic rings. The first-order valence-corrected chi connectivity index (χ1v) is 11.9. The van der Waals surface area contributed by atoms with E-state index in [-0.39, 0.29) is 5.56 Å². The third-order valence-electron chi connectivity index (χ3n) is 5.94. The maximum Gasteiger partial charge on any atom is 0.267 e. The molecule has 4 heterocycles. The van der Waals surface area contributed by atoms with Crippen molar-refractivity contribution in [3.8, 4) is 28.6 Å². The van der Waals surface area contributed by atoms with E-state index in [0.29, 0.717) is 39.9 Å². The number of carbonyl (C=O) groups is 1. The molecule has 0 aliphatic carbocycles. The van der Waals surface area contributed by atoms with Crippen LogP contribution in [0, 0.1) is 5.82 Å². The summed E-state index contributed by atoms with van der Waals surface area (Å²) in [7, 11) is 0. The number of hydrogen-bond donors (Lipinski definition) is 2. The van der Waals surface area contributed by atoms with Crippen molar-refractivity contribution < 1.29 is 13.9 Å². The van der Waals surface area contributed by atoms with Gasteiger partial charge in [-0.05, 0) is 72.8 Å². The summed E-state index contributed by atoms with van der Waals surface area (Å²) in [6, 6.07) is 20.6. The zero-order chi connectivity index (χ0) is 26.8. The Balaban J connectivity index is 1.19. The number of anilines is 1. The molecule has 2 aromatic carbocycles. The van der Waals surface area contributed by atoms with Crippen LogP contribution in [0.5, 0.6) is 11.5 Å². The zero-order valence-electron chi connectivity index (χ0n) is 20.2. The summed E-state index contributed by atoms with van der Waals surface area (Å²) in [5.74, 6) is 0.727.